The van der Waals surface area contributed by atoms with E-state index < -0.39 is 40.6 Å². The summed E-state index contributed by atoms with van der Waals surface area (Å²) < 4.78 is 7.11. The Labute approximate surface area is 315 Å². The molecule has 4 N–H and O–H groups in total. The molecule has 5 aromatic rings. The number of nitrogens with zero attached hydrogens (tertiary/aromatic N) is 3. The molecule has 2 aromatic heterocycles. The predicted molar refractivity (Wildman–Crippen MR) is 209 cm³/mol. The third-order valence-corrected chi connectivity index (χ3v) is 9.82. The van der Waals surface area contributed by atoms with Gasteiger partial charge in [-0.1, -0.05) is 72.8 Å². The van der Waals surface area contributed by atoms with Crippen LogP contribution in [0.15, 0.2) is 97.6 Å². The summed E-state index contributed by atoms with van der Waals surface area (Å²) in [4.78, 5) is 64.4. The van der Waals surface area contributed by atoms with Crippen molar-refractivity contribution in [2.24, 2.45) is 0 Å². The quantitative estimate of drug-likeness (QED) is 0.124. The fraction of sp³-hybridized carbons (Fsp3) is 0.357. The summed E-state index contributed by atoms with van der Waals surface area (Å²) in [7, 11) is 0. The molecule has 12 nitrogen and oxygen atoms in total. The smallest absolute Gasteiger partial charge is 0.408 e. The summed E-state index contributed by atoms with van der Waals surface area (Å²) in [5.41, 5.74) is 1.24. The standard InChI is InChI=1S/C42H49N7O5/c1-40(2,3)54-39(53)47-41(4,5)37(51)45-34(24-30-25-43-33-17-11-10-16-32(30)33)36(50)46-35-26-49(27-44-35)42(6,38(52)48-22-12-13-23-48)31-20-18-29(19-21-31)28-14-8-7-9-15-28/h7-11,14-21,25-27,34,43H,12-13,22-24H2,1-6H3,(H,45,51)(H,46,50)(H,47,53). The topological polar surface area (TPSA) is 150 Å². The van der Waals surface area contributed by atoms with Gasteiger partial charge in [0.25, 0.3) is 5.91 Å². The number of aromatic amines is 1. The predicted octanol–water partition coefficient (Wildman–Crippen LogP) is 6.39. The van der Waals surface area contributed by atoms with E-state index in [9.17, 15) is 19.2 Å². The molecule has 1 aliphatic rings. The molecular weight excluding hydrogens is 683 g/mol. The Hall–Kier alpha value is -5.91. The van der Waals surface area contributed by atoms with Crippen molar-refractivity contribution >= 4 is 40.5 Å². The second-order valence-corrected chi connectivity index (χ2v) is 15.5. The van der Waals surface area contributed by atoms with Gasteiger partial charge in [-0.2, -0.15) is 0 Å². The number of likely N-dealkylation sites (tertiary alicyclic amines) is 1. The normalized spacial score (nSPS) is 15.0. The number of hydrogen-bond acceptors (Lipinski definition) is 6. The van der Waals surface area contributed by atoms with Crippen molar-refractivity contribution in [1.82, 2.24) is 30.1 Å². The number of rotatable bonds is 11. The highest BCUT2D eigenvalue weighted by molar-refractivity contribution is 5.99. The van der Waals surface area contributed by atoms with Crippen molar-refractivity contribution in [2.45, 2.75) is 83.5 Å². The maximum Gasteiger partial charge on any atom is 0.408 e. The lowest BCUT2D eigenvalue weighted by molar-refractivity contribution is -0.137. The minimum atomic E-state index is -1.42. The number of benzene rings is 3. The molecule has 282 valence electrons. The van der Waals surface area contributed by atoms with E-state index in [1.54, 1.807) is 51.7 Å². The first-order valence-corrected chi connectivity index (χ1v) is 18.3. The second-order valence-electron chi connectivity index (χ2n) is 15.5. The number of aromatic nitrogens is 3. The molecule has 12 heteroatoms. The van der Waals surface area contributed by atoms with Crippen LogP contribution in [0.2, 0.25) is 0 Å². The highest BCUT2D eigenvalue weighted by Crippen LogP contribution is 2.33. The molecule has 4 amide bonds. The van der Waals surface area contributed by atoms with Gasteiger partial charge in [-0.05, 0) is 82.7 Å². The lowest BCUT2D eigenvalue weighted by Gasteiger charge is -2.34. The number of alkyl carbamates (subject to hydrolysis) is 1. The summed E-state index contributed by atoms with van der Waals surface area (Å²) in [6.45, 7) is 11.5. The Morgan fingerprint density at radius 3 is 2.19 bits per heavy atom. The van der Waals surface area contributed by atoms with Gasteiger partial charge in [-0.3, -0.25) is 14.4 Å². The summed E-state index contributed by atoms with van der Waals surface area (Å²) in [6, 6.07) is 24.6. The Morgan fingerprint density at radius 2 is 1.50 bits per heavy atom. The van der Waals surface area contributed by atoms with Crippen LogP contribution >= 0.6 is 0 Å². The number of anilines is 1. The molecule has 1 fully saturated rings. The van der Waals surface area contributed by atoms with Gasteiger partial charge in [0.2, 0.25) is 11.8 Å². The molecule has 0 spiro atoms. The molecule has 6 rings (SSSR count). The Balaban J connectivity index is 1.27. The summed E-state index contributed by atoms with van der Waals surface area (Å²) in [5, 5.41) is 9.26. The number of fused-ring (bicyclic) bond motifs is 1. The molecular formula is C42H49N7O5. The first kappa shape index (κ1) is 37.8. The molecule has 0 aliphatic carbocycles. The third-order valence-electron chi connectivity index (χ3n) is 9.82. The monoisotopic (exact) mass is 731 g/mol. The number of hydrogen-bond donors (Lipinski definition) is 4. The second kappa shape index (κ2) is 15.2. The third kappa shape index (κ3) is 8.33. The molecule has 0 saturated carbocycles. The number of H-pyrrole nitrogens is 1. The van der Waals surface area contributed by atoms with E-state index in [0.717, 1.165) is 46.0 Å². The average Bonchev–Trinajstić information content (AvgIpc) is 3.93. The minimum Gasteiger partial charge on any atom is -0.444 e. The minimum absolute atomic E-state index is 0.0630. The van der Waals surface area contributed by atoms with Gasteiger partial charge in [0.1, 0.15) is 22.7 Å². The molecule has 54 heavy (non-hydrogen) atoms. The van der Waals surface area contributed by atoms with Gasteiger partial charge in [0.15, 0.2) is 5.82 Å². The molecule has 0 radical (unpaired) electrons. The zero-order chi connectivity index (χ0) is 38.7. The highest BCUT2D eigenvalue weighted by atomic mass is 16.6. The van der Waals surface area contributed by atoms with Gasteiger partial charge >= 0.3 is 6.09 Å². The first-order chi connectivity index (χ1) is 25.6. The summed E-state index contributed by atoms with van der Waals surface area (Å²) in [5.74, 6) is -0.953. The van der Waals surface area contributed by atoms with E-state index in [1.807, 2.05) is 96.9 Å². The lowest BCUT2D eigenvalue weighted by atomic mass is 9.88. The maximum absolute atomic E-state index is 14.3. The van der Waals surface area contributed by atoms with E-state index in [1.165, 1.54) is 0 Å². The summed E-state index contributed by atoms with van der Waals surface area (Å²) >= 11 is 0. The molecule has 2 atom stereocenters. The molecule has 3 heterocycles. The maximum atomic E-state index is 14.3. The van der Waals surface area contributed by atoms with Crippen molar-refractivity contribution in [3.05, 3.63) is 109 Å². The molecule has 0 bridgehead atoms. The Kier molecular flexibility index (Phi) is 10.7. The zero-order valence-electron chi connectivity index (χ0n) is 31.7. The fourth-order valence-corrected chi connectivity index (χ4v) is 6.76. The van der Waals surface area contributed by atoms with Gasteiger partial charge in [0, 0.05) is 42.8 Å². The van der Waals surface area contributed by atoms with Crippen molar-refractivity contribution in [1.29, 1.82) is 0 Å². The van der Waals surface area contributed by atoms with Crippen molar-refractivity contribution in [3.63, 3.8) is 0 Å². The van der Waals surface area contributed by atoms with Crippen LogP contribution in [-0.4, -0.2) is 73.5 Å². The number of carbonyl (C=O) groups is 4. The number of amides is 4. The number of ether oxygens (including phenoxy) is 1. The average molecular weight is 732 g/mol. The van der Waals surface area contributed by atoms with Crippen molar-refractivity contribution < 1.29 is 23.9 Å². The van der Waals surface area contributed by atoms with Crippen LogP contribution in [-0.2, 0) is 31.1 Å². The lowest BCUT2D eigenvalue weighted by Crippen LogP contribution is -2.59. The van der Waals surface area contributed by atoms with Crippen LogP contribution in [0.5, 0.6) is 0 Å². The number of carbonyl (C=O) groups excluding carboxylic acids is 4. The molecule has 1 saturated heterocycles. The van der Waals surface area contributed by atoms with Gasteiger partial charge in [0.05, 0.1) is 6.33 Å². The van der Waals surface area contributed by atoms with E-state index >= 15 is 0 Å². The van der Waals surface area contributed by atoms with Gasteiger partial charge in [-0.25, -0.2) is 9.78 Å². The van der Waals surface area contributed by atoms with Crippen LogP contribution in [0, 0.1) is 0 Å². The van der Waals surface area contributed by atoms with E-state index in [0.29, 0.717) is 13.1 Å². The number of imidazole rings is 1. The largest absolute Gasteiger partial charge is 0.444 e. The van der Waals surface area contributed by atoms with Crippen LogP contribution < -0.4 is 16.0 Å². The number of nitrogens with one attached hydrogen (secondary N) is 4. The molecule has 2 unspecified atom stereocenters. The fourth-order valence-electron chi connectivity index (χ4n) is 6.76. The molecule has 3 aromatic carbocycles. The highest BCUT2D eigenvalue weighted by Gasteiger charge is 2.41. The Bertz CT molecular complexity index is 2130. The zero-order valence-corrected chi connectivity index (χ0v) is 31.7. The molecule has 1 aliphatic heterocycles. The SMILES string of the molecule is CC(C)(C)OC(=O)NC(C)(C)C(=O)NC(Cc1c[nH]c2ccccc12)C(=O)Nc1cn(C(C)(C(=O)N2CCCC2)c2ccc(-c3ccccc3)cc2)cn1. The van der Waals surface area contributed by atoms with Crippen LogP contribution in [0.1, 0.15) is 65.5 Å². The van der Waals surface area contributed by atoms with Gasteiger partial charge < -0.3 is 35.1 Å². The summed E-state index contributed by atoms with van der Waals surface area (Å²) in [6.07, 6.45) is 6.28. The van der Waals surface area contributed by atoms with E-state index in [4.69, 9.17) is 4.74 Å². The number of para-hydroxylation sites is 1. The van der Waals surface area contributed by atoms with Crippen LogP contribution in [0.25, 0.3) is 22.0 Å². The Morgan fingerprint density at radius 1 is 0.852 bits per heavy atom. The van der Waals surface area contributed by atoms with Crippen LogP contribution in [0.3, 0.4) is 0 Å². The first-order valence-electron chi connectivity index (χ1n) is 18.3. The van der Waals surface area contributed by atoms with Crippen molar-refractivity contribution in [2.75, 3.05) is 18.4 Å². The van der Waals surface area contributed by atoms with E-state index in [-0.39, 0.29) is 18.1 Å². The van der Waals surface area contributed by atoms with E-state index in [2.05, 4.69) is 25.9 Å². The van der Waals surface area contributed by atoms with Crippen molar-refractivity contribution in [3.8, 4) is 11.1 Å². The van der Waals surface area contributed by atoms with Gasteiger partial charge in [-0.15, -0.1) is 0 Å². The van der Waals surface area contributed by atoms with Crippen LogP contribution in [0.4, 0.5) is 10.6 Å².